The summed E-state index contributed by atoms with van der Waals surface area (Å²) in [5.74, 6) is -1.04. The summed E-state index contributed by atoms with van der Waals surface area (Å²) in [7, 11) is 0. The highest BCUT2D eigenvalue weighted by Gasteiger charge is 2.45. The number of hydrogen-bond acceptors (Lipinski definition) is 19. The van der Waals surface area contributed by atoms with E-state index in [2.05, 4.69) is 16.0 Å². The van der Waals surface area contributed by atoms with Crippen LogP contribution in [-0.4, -0.2) is 206 Å². The summed E-state index contributed by atoms with van der Waals surface area (Å²) in [6.07, 6.45) is 1.52. The van der Waals surface area contributed by atoms with Gasteiger partial charge in [-0.3, -0.25) is 29.3 Å². The van der Waals surface area contributed by atoms with E-state index in [4.69, 9.17) is 18.9 Å². The fraction of sp³-hybridized carbons (Fsp3) is 0.900. The summed E-state index contributed by atoms with van der Waals surface area (Å²) < 4.78 is 22.7. The van der Waals surface area contributed by atoms with Gasteiger partial charge < -0.3 is 80.4 Å². The van der Waals surface area contributed by atoms with E-state index in [1.54, 1.807) is 11.8 Å². The largest absolute Gasteiger partial charge is 0.394 e. The van der Waals surface area contributed by atoms with E-state index >= 15 is 0 Å². The third kappa shape index (κ3) is 23.0. The molecule has 3 heterocycles. The Balaban J connectivity index is 1.34. The molecule has 10 unspecified atom stereocenters. The minimum Gasteiger partial charge on any atom is -0.394 e. The Hall–Kier alpha value is -2.81. The smallest absolute Gasteiger partial charge is 0.222 e. The molecule has 3 rings (SSSR count). The zero-order chi connectivity index (χ0) is 53.0. The lowest BCUT2D eigenvalue weighted by Crippen LogP contribution is -2.64. The molecule has 14 atom stereocenters. The summed E-state index contributed by atoms with van der Waals surface area (Å²) in [5, 5.41) is 98.7. The predicted octanol–water partition coefficient (Wildman–Crippen LogP) is -0.284. The molecule has 0 aromatic rings. The monoisotopic (exact) mass is 1030 g/mol. The minimum absolute atomic E-state index is 0.0325. The molecular weight excluding hydrogens is 945 g/mol. The number of amides is 3. The highest BCUT2D eigenvalue weighted by molar-refractivity contribution is 5.84. The van der Waals surface area contributed by atoms with Gasteiger partial charge in [0.15, 0.2) is 12.6 Å². The van der Waals surface area contributed by atoms with Crippen LogP contribution in [0.5, 0.6) is 0 Å². The van der Waals surface area contributed by atoms with Gasteiger partial charge in [0.05, 0.1) is 44.1 Å². The van der Waals surface area contributed by atoms with Gasteiger partial charge in [-0.05, 0) is 83.5 Å². The molecular formula is C50H90N4O18. The third-order valence-electron chi connectivity index (χ3n) is 13.8. The number of β-amino-alcohol motifs (C(OH)–C–C–N with tert-alkyl or cyclic N) is 1. The third-order valence-corrected chi connectivity index (χ3v) is 13.8. The van der Waals surface area contributed by atoms with Crippen LogP contribution in [0.2, 0.25) is 0 Å². The molecule has 0 aromatic heterocycles. The molecule has 0 saturated carbocycles. The van der Waals surface area contributed by atoms with E-state index in [9.17, 15) is 69.9 Å². The zero-order valence-electron chi connectivity index (χ0n) is 42.7. The number of likely N-dealkylation sites (tertiary alicyclic amines) is 1. The van der Waals surface area contributed by atoms with Crippen LogP contribution in [0.15, 0.2) is 0 Å². The van der Waals surface area contributed by atoms with Crippen molar-refractivity contribution in [3.05, 3.63) is 0 Å². The summed E-state index contributed by atoms with van der Waals surface area (Å²) in [5.41, 5.74) is 0. The lowest BCUT2D eigenvalue weighted by Gasteiger charge is -2.42. The van der Waals surface area contributed by atoms with Gasteiger partial charge in [-0.1, -0.05) is 32.6 Å². The highest BCUT2D eigenvalue weighted by atomic mass is 16.7. The number of aliphatic hydroxyl groups is 9. The van der Waals surface area contributed by atoms with Crippen molar-refractivity contribution in [1.82, 2.24) is 20.9 Å². The second kappa shape index (κ2) is 35.4. The van der Waals surface area contributed by atoms with Gasteiger partial charge in [0.2, 0.25) is 17.7 Å². The molecule has 22 nitrogen and oxygen atoms in total. The summed E-state index contributed by atoms with van der Waals surface area (Å²) >= 11 is 0. The molecule has 0 radical (unpaired) electrons. The van der Waals surface area contributed by atoms with Crippen LogP contribution in [0, 0.1) is 5.92 Å². The van der Waals surface area contributed by atoms with E-state index in [0.29, 0.717) is 103 Å². The second-order valence-corrected chi connectivity index (χ2v) is 19.9. The van der Waals surface area contributed by atoms with Crippen molar-refractivity contribution in [2.75, 3.05) is 46.1 Å². The van der Waals surface area contributed by atoms with Crippen molar-refractivity contribution in [2.45, 2.75) is 235 Å². The Kier molecular flexibility index (Phi) is 31.3. The summed E-state index contributed by atoms with van der Waals surface area (Å²) in [4.78, 5) is 64.3. The van der Waals surface area contributed by atoms with Crippen molar-refractivity contribution in [3.63, 3.8) is 0 Å². The van der Waals surface area contributed by atoms with Crippen molar-refractivity contribution >= 4 is 29.3 Å². The Bertz CT molecular complexity index is 1570. The normalized spacial score (nSPS) is 28.4. The average Bonchev–Trinajstić information content (AvgIpc) is 3.75. The number of unbranched alkanes of at least 4 members (excludes halogenated alkanes) is 9. The first-order valence-electron chi connectivity index (χ1n) is 26.6. The maximum atomic E-state index is 13.5. The fourth-order valence-corrected chi connectivity index (χ4v) is 9.43. The van der Waals surface area contributed by atoms with Gasteiger partial charge in [0, 0.05) is 71.2 Å². The predicted molar refractivity (Wildman–Crippen MR) is 260 cm³/mol. The summed E-state index contributed by atoms with van der Waals surface area (Å²) in [6, 6.07) is -1.99. The molecule has 3 fully saturated rings. The zero-order valence-corrected chi connectivity index (χ0v) is 42.7. The van der Waals surface area contributed by atoms with Crippen LogP contribution in [0.4, 0.5) is 0 Å². The van der Waals surface area contributed by atoms with Crippen LogP contribution in [-0.2, 0) is 42.9 Å². The lowest BCUT2D eigenvalue weighted by atomic mass is 9.92. The minimum atomic E-state index is -1.42. The van der Waals surface area contributed by atoms with E-state index in [1.807, 2.05) is 0 Å². The molecule has 72 heavy (non-hydrogen) atoms. The Morgan fingerprint density at radius 1 is 0.639 bits per heavy atom. The maximum Gasteiger partial charge on any atom is 0.222 e. The van der Waals surface area contributed by atoms with Crippen molar-refractivity contribution < 1.29 is 88.9 Å². The Morgan fingerprint density at radius 2 is 1.19 bits per heavy atom. The van der Waals surface area contributed by atoms with Gasteiger partial charge in [0.25, 0.3) is 0 Å². The number of rotatable bonds is 38. The Morgan fingerprint density at radius 3 is 1.82 bits per heavy atom. The number of aliphatic hydroxyl groups excluding tert-OH is 9. The van der Waals surface area contributed by atoms with Crippen molar-refractivity contribution in [2.24, 2.45) is 5.92 Å². The summed E-state index contributed by atoms with van der Waals surface area (Å²) in [6.45, 7) is 2.77. The highest BCUT2D eigenvalue weighted by Crippen LogP contribution is 2.27. The van der Waals surface area contributed by atoms with Gasteiger partial charge in [-0.15, -0.1) is 0 Å². The van der Waals surface area contributed by atoms with Gasteiger partial charge >= 0.3 is 0 Å². The molecule has 0 spiro atoms. The van der Waals surface area contributed by atoms with E-state index < -0.39 is 98.7 Å². The standard InChI is InChI=1S/C50H90N4O18/c1-32-45(65)46(66)39(30-56)71-49(32)69-25-16-13-22-42(63)53-37(19-11-14-24-51-41(62)21-12-15-26-70-50-44(52-33(2)58)48(68)47(67)40(31-57)72-50)38(61)20-9-5-3-7-17-35(59)18-8-4-6-10-23-43(64)54-28-36(60)27-34(54)29-55/h32,34,36-37,39-40,42,44-50,53,55-57,60,63,65-68H,3-31H2,1-2H3,(H,51,62)(H,52,58)/t32?,34-,36+,37+,39?,40?,42-,44?,45?,46?,47?,48?,49?,50?/m0/s1. The second-order valence-electron chi connectivity index (χ2n) is 19.9. The number of carbonyl (C=O) groups excluding carboxylic acids is 5. The molecule has 0 aromatic carbocycles. The van der Waals surface area contributed by atoms with Crippen LogP contribution in [0.3, 0.4) is 0 Å². The molecule has 0 aliphatic carbocycles. The number of ketones is 2. The fourth-order valence-electron chi connectivity index (χ4n) is 9.43. The molecule has 3 saturated heterocycles. The Labute approximate surface area is 424 Å². The average molecular weight is 1040 g/mol. The van der Waals surface area contributed by atoms with Crippen LogP contribution < -0.4 is 16.0 Å². The van der Waals surface area contributed by atoms with E-state index in [-0.39, 0.29) is 62.2 Å². The number of carbonyl (C=O) groups is 5. The number of nitrogens with zero attached hydrogens (tertiary/aromatic N) is 1. The molecule has 3 aliphatic rings. The maximum absolute atomic E-state index is 13.5. The number of hydrogen-bond donors (Lipinski definition) is 12. The quantitative estimate of drug-likeness (QED) is 0.0279. The SMILES string of the molecule is CC(=O)NC1C(OCCCCC(=O)NCCCC[C@@H](N[C@@H](O)CCCCOC2OC(CO)C(O)C(O)C2C)C(=O)CCCCCCC(=O)CCCCCCC(=O)N2C[C@H](O)C[C@H]2CO)OC(CO)C(O)C1O. The number of nitrogens with one attached hydrogen (secondary N) is 3. The molecule has 3 amide bonds. The molecule has 418 valence electrons. The van der Waals surface area contributed by atoms with Crippen LogP contribution in [0.25, 0.3) is 0 Å². The van der Waals surface area contributed by atoms with Gasteiger partial charge in [-0.2, -0.15) is 0 Å². The topological polar surface area (TPSA) is 344 Å². The van der Waals surface area contributed by atoms with Crippen molar-refractivity contribution in [3.8, 4) is 0 Å². The first kappa shape index (κ1) is 63.5. The van der Waals surface area contributed by atoms with E-state index in [1.165, 1.54) is 6.92 Å². The first-order valence-corrected chi connectivity index (χ1v) is 26.6. The molecule has 12 N–H and O–H groups in total. The first-order chi connectivity index (χ1) is 34.5. The lowest BCUT2D eigenvalue weighted by molar-refractivity contribution is -0.282. The molecule has 0 bridgehead atoms. The van der Waals surface area contributed by atoms with Crippen LogP contribution >= 0.6 is 0 Å². The van der Waals surface area contributed by atoms with Crippen molar-refractivity contribution in [1.29, 1.82) is 0 Å². The van der Waals surface area contributed by atoms with Gasteiger partial charge in [-0.25, -0.2) is 0 Å². The van der Waals surface area contributed by atoms with Gasteiger partial charge in [0.1, 0.15) is 54.4 Å². The number of ether oxygens (including phenoxy) is 4. The molecule has 3 aliphatic heterocycles. The van der Waals surface area contributed by atoms with E-state index in [0.717, 1.165) is 38.5 Å². The molecule has 22 heteroatoms. The number of Topliss-reactive ketones (excluding diaryl/α,β-unsaturated/α-hetero) is 2. The van der Waals surface area contributed by atoms with Crippen LogP contribution in [0.1, 0.15) is 155 Å².